The molecule has 4 N–H and O–H groups in total. The minimum Gasteiger partial charge on any atom is -0.494 e. The third-order valence-corrected chi connectivity index (χ3v) is 2.84. The molecule has 6 nitrogen and oxygen atoms in total. The molecule has 0 aliphatic carbocycles. The van der Waals surface area contributed by atoms with Crippen LogP contribution in [0.15, 0.2) is 18.2 Å². The molecular formula is C14H23N3O3. The maximum absolute atomic E-state index is 11.9. The minimum atomic E-state index is -0.363. The lowest BCUT2D eigenvalue weighted by Gasteiger charge is -2.17. The molecule has 1 atom stereocenters. The van der Waals surface area contributed by atoms with Crippen LogP contribution in [0.2, 0.25) is 0 Å². The second-order valence-corrected chi connectivity index (χ2v) is 4.88. The van der Waals surface area contributed by atoms with Gasteiger partial charge in [-0.15, -0.1) is 0 Å². The summed E-state index contributed by atoms with van der Waals surface area (Å²) in [5, 5.41) is 12.0. The number of carbonyl (C=O) groups is 1. The fourth-order valence-corrected chi connectivity index (χ4v) is 1.73. The largest absolute Gasteiger partial charge is 0.494 e. The number of nitrogens with one attached hydrogen (secondary N) is 1. The van der Waals surface area contributed by atoms with Crippen LogP contribution in [0, 0.1) is 0 Å². The summed E-state index contributed by atoms with van der Waals surface area (Å²) in [6, 6.07) is 5.07. The number of aliphatic hydroxyl groups excluding tert-OH is 1. The Morgan fingerprint density at radius 2 is 2.25 bits per heavy atom. The number of aliphatic hydroxyl groups is 1. The number of nitrogen functional groups attached to an aromatic ring is 1. The zero-order valence-electron chi connectivity index (χ0n) is 12.2. The highest BCUT2D eigenvalue weighted by Crippen LogP contribution is 2.26. The third-order valence-electron chi connectivity index (χ3n) is 2.84. The molecule has 20 heavy (non-hydrogen) atoms. The molecule has 6 heteroatoms. The van der Waals surface area contributed by atoms with Crippen LogP contribution < -0.4 is 15.8 Å². The van der Waals surface area contributed by atoms with Gasteiger partial charge in [-0.1, -0.05) is 0 Å². The summed E-state index contributed by atoms with van der Waals surface area (Å²) < 4.78 is 5.17. The summed E-state index contributed by atoms with van der Waals surface area (Å²) in [4.78, 5) is 13.8. The van der Waals surface area contributed by atoms with Gasteiger partial charge in [0, 0.05) is 18.3 Å². The van der Waals surface area contributed by atoms with Crippen molar-refractivity contribution >= 4 is 17.3 Å². The Labute approximate surface area is 119 Å². The lowest BCUT2D eigenvalue weighted by molar-refractivity contribution is -0.117. The molecule has 0 bridgehead atoms. The van der Waals surface area contributed by atoms with Gasteiger partial charge in [0.15, 0.2) is 0 Å². The second-order valence-electron chi connectivity index (χ2n) is 4.88. The van der Waals surface area contributed by atoms with Crippen molar-refractivity contribution in [1.29, 1.82) is 0 Å². The SMILES string of the molecule is COc1cc(N)ccc1NC(=O)CN(C)CCC(C)O. The van der Waals surface area contributed by atoms with E-state index in [4.69, 9.17) is 10.5 Å². The van der Waals surface area contributed by atoms with Crippen molar-refractivity contribution in [3.8, 4) is 5.75 Å². The number of hydrogen-bond acceptors (Lipinski definition) is 5. The number of anilines is 2. The fourth-order valence-electron chi connectivity index (χ4n) is 1.73. The molecule has 1 aromatic rings. The standard InChI is InChI=1S/C14H23N3O3/c1-10(18)6-7-17(2)9-14(19)16-12-5-4-11(15)8-13(12)20-3/h4-5,8,10,18H,6-7,9,15H2,1-3H3,(H,16,19). The third kappa shape index (κ3) is 5.46. The van der Waals surface area contributed by atoms with E-state index in [2.05, 4.69) is 5.32 Å². The smallest absolute Gasteiger partial charge is 0.238 e. The molecule has 0 heterocycles. The minimum absolute atomic E-state index is 0.138. The number of benzene rings is 1. The highest BCUT2D eigenvalue weighted by Gasteiger charge is 2.10. The normalized spacial score (nSPS) is 12.2. The highest BCUT2D eigenvalue weighted by atomic mass is 16.5. The van der Waals surface area contributed by atoms with Gasteiger partial charge in [0.2, 0.25) is 5.91 Å². The molecule has 1 amide bonds. The van der Waals surface area contributed by atoms with Gasteiger partial charge < -0.3 is 20.9 Å². The first kappa shape index (κ1) is 16.3. The van der Waals surface area contributed by atoms with E-state index in [9.17, 15) is 9.90 Å². The van der Waals surface area contributed by atoms with Gasteiger partial charge >= 0.3 is 0 Å². The van der Waals surface area contributed by atoms with Crippen LogP contribution in [0.1, 0.15) is 13.3 Å². The van der Waals surface area contributed by atoms with Gasteiger partial charge in [0.1, 0.15) is 5.75 Å². The van der Waals surface area contributed by atoms with Crippen molar-refractivity contribution < 1.29 is 14.6 Å². The summed E-state index contributed by atoms with van der Waals surface area (Å²) in [7, 11) is 3.36. The van der Waals surface area contributed by atoms with E-state index in [1.807, 2.05) is 11.9 Å². The number of rotatable bonds is 7. The summed E-state index contributed by atoms with van der Waals surface area (Å²) >= 11 is 0. The Bertz CT molecular complexity index is 449. The van der Waals surface area contributed by atoms with Gasteiger partial charge in [-0.25, -0.2) is 0 Å². The van der Waals surface area contributed by atoms with Gasteiger partial charge in [-0.3, -0.25) is 9.69 Å². The average Bonchev–Trinajstić information content (AvgIpc) is 2.38. The zero-order chi connectivity index (χ0) is 15.1. The van der Waals surface area contributed by atoms with E-state index in [1.54, 1.807) is 25.1 Å². The molecule has 0 fully saturated rings. The van der Waals surface area contributed by atoms with E-state index >= 15 is 0 Å². The molecule has 1 rings (SSSR count). The number of amides is 1. The van der Waals surface area contributed by atoms with Crippen molar-refractivity contribution in [2.24, 2.45) is 0 Å². The van der Waals surface area contributed by atoms with Crippen LogP contribution in [-0.4, -0.2) is 49.3 Å². The molecule has 0 saturated carbocycles. The molecule has 112 valence electrons. The summed E-state index contributed by atoms with van der Waals surface area (Å²) in [5.74, 6) is 0.395. The van der Waals surface area contributed by atoms with E-state index in [0.29, 0.717) is 30.1 Å². The predicted octanol–water partition coefficient (Wildman–Crippen LogP) is 0.919. The fraction of sp³-hybridized carbons (Fsp3) is 0.500. The summed E-state index contributed by atoms with van der Waals surface area (Å²) in [6.07, 6.45) is 0.271. The lowest BCUT2D eigenvalue weighted by Crippen LogP contribution is -2.32. The van der Waals surface area contributed by atoms with Gasteiger partial charge in [-0.2, -0.15) is 0 Å². The first-order valence-corrected chi connectivity index (χ1v) is 6.52. The molecule has 0 saturated heterocycles. The molecule has 1 unspecified atom stereocenters. The van der Waals surface area contributed by atoms with Crippen LogP contribution in [0.4, 0.5) is 11.4 Å². The first-order valence-electron chi connectivity index (χ1n) is 6.52. The van der Waals surface area contributed by atoms with Crippen LogP contribution in [-0.2, 0) is 4.79 Å². The summed E-state index contributed by atoms with van der Waals surface area (Å²) in [6.45, 7) is 2.64. The number of nitrogens with two attached hydrogens (primary N) is 1. The van der Waals surface area contributed by atoms with Crippen molar-refractivity contribution in [3.63, 3.8) is 0 Å². The van der Waals surface area contributed by atoms with E-state index in [-0.39, 0.29) is 18.6 Å². The topological polar surface area (TPSA) is 87.8 Å². The zero-order valence-corrected chi connectivity index (χ0v) is 12.2. The van der Waals surface area contributed by atoms with E-state index in [1.165, 1.54) is 7.11 Å². The van der Waals surface area contributed by atoms with Gasteiger partial charge in [-0.05, 0) is 32.5 Å². The average molecular weight is 281 g/mol. The molecule has 0 radical (unpaired) electrons. The number of likely N-dealkylation sites (N-methyl/N-ethyl adjacent to an activating group) is 1. The second kappa shape index (κ2) is 7.72. The first-order chi connectivity index (χ1) is 9.42. The Morgan fingerprint density at radius 3 is 2.85 bits per heavy atom. The molecule has 0 aliphatic heterocycles. The Morgan fingerprint density at radius 1 is 1.55 bits per heavy atom. The maximum Gasteiger partial charge on any atom is 0.238 e. The molecule has 1 aromatic carbocycles. The Hall–Kier alpha value is -1.79. The monoisotopic (exact) mass is 281 g/mol. The van der Waals surface area contributed by atoms with Gasteiger partial charge in [0.25, 0.3) is 0 Å². The molecule has 0 aliphatic rings. The maximum atomic E-state index is 11.9. The van der Waals surface area contributed by atoms with Crippen molar-refractivity contribution in [2.75, 3.05) is 38.3 Å². The Balaban J connectivity index is 2.54. The number of carbonyl (C=O) groups excluding carboxylic acids is 1. The number of ether oxygens (including phenoxy) is 1. The molecule has 0 aromatic heterocycles. The van der Waals surface area contributed by atoms with Crippen molar-refractivity contribution in [2.45, 2.75) is 19.4 Å². The number of methoxy groups -OCH3 is 1. The van der Waals surface area contributed by atoms with E-state index < -0.39 is 0 Å². The van der Waals surface area contributed by atoms with Crippen molar-refractivity contribution in [3.05, 3.63) is 18.2 Å². The van der Waals surface area contributed by atoms with E-state index in [0.717, 1.165) is 0 Å². The van der Waals surface area contributed by atoms with Crippen LogP contribution >= 0.6 is 0 Å². The summed E-state index contributed by atoms with van der Waals surface area (Å²) in [5.41, 5.74) is 6.83. The molecular weight excluding hydrogens is 258 g/mol. The highest BCUT2D eigenvalue weighted by molar-refractivity contribution is 5.94. The Kier molecular flexibility index (Phi) is 6.27. The predicted molar refractivity (Wildman–Crippen MR) is 79.8 cm³/mol. The van der Waals surface area contributed by atoms with Crippen LogP contribution in [0.25, 0.3) is 0 Å². The quantitative estimate of drug-likeness (QED) is 0.647. The van der Waals surface area contributed by atoms with Crippen molar-refractivity contribution in [1.82, 2.24) is 4.90 Å². The van der Waals surface area contributed by atoms with Gasteiger partial charge in [0.05, 0.1) is 25.4 Å². The molecule has 0 spiro atoms. The number of nitrogens with zero attached hydrogens (tertiary/aromatic N) is 1. The van der Waals surface area contributed by atoms with Crippen LogP contribution in [0.3, 0.4) is 0 Å². The lowest BCUT2D eigenvalue weighted by atomic mass is 10.2. The van der Waals surface area contributed by atoms with Crippen LogP contribution in [0.5, 0.6) is 5.75 Å². The number of hydrogen-bond donors (Lipinski definition) is 3.